The van der Waals surface area contributed by atoms with Crippen LogP contribution in [0.1, 0.15) is 22.5 Å². The van der Waals surface area contributed by atoms with Crippen LogP contribution < -0.4 is 10.5 Å². The zero-order chi connectivity index (χ0) is 23.3. The first-order chi connectivity index (χ1) is 15.0. The number of nitrogens with zero attached hydrogens (tertiary/aromatic N) is 4. The minimum absolute atomic E-state index is 0.0608. The molecule has 2 aromatic heterocycles. The molecule has 4 rings (SSSR count). The van der Waals surface area contributed by atoms with E-state index in [-0.39, 0.29) is 35.3 Å². The van der Waals surface area contributed by atoms with Gasteiger partial charge < -0.3 is 9.47 Å². The number of rotatable bonds is 4. The van der Waals surface area contributed by atoms with E-state index in [1.165, 1.54) is 29.0 Å². The minimum Gasteiger partial charge on any atom is -0.362 e. The Labute approximate surface area is 185 Å². The number of benzene rings is 1. The van der Waals surface area contributed by atoms with Gasteiger partial charge in [0.2, 0.25) is 15.0 Å². The lowest BCUT2D eigenvalue weighted by atomic mass is 10.1. The van der Waals surface area contributed by atoms with E-state index in [1.807, 2.05) is 0 Å². The molecule has 0 saturated carbocycles. The molecule has 0 amide bonds. The fraction of sp³-hybridized carbons (Fsp3) is 0.316. The molecule has 0 radical (unpaired) electrons. The Balaban J connectivity index is 1.78. The number of anilines is 1. The average molecular weight is 488 g/mol. The van der Waals surface area contributed by atoms with Crippen LogP contribution in [-0.4, -0.2) is 41.0 Å². The molecule has 0 atom stereocenters. The maximum absolute atomic E-state index is 13.5. The molecule has 1 aliphatic rings. The number of aromatic nitrogens is 4. The first kappa shape index (κ1) is 22.3. The van der Waals surface area contributed by atoms with E-state index in [1.54, 1.807) is 4.90 Å². The van der Waals surface area contributed by atoms with Gasteiger partial charge in [-0.2, -0.15) is 18.3 Å². The molecule has 3 heterocycles. The molecule has 13 heteroatoms. The molecule has 0 saturated heterocycles. The molecule has 1 aromatic carbocycles. The summed E-state index contributed by atoms with van der Waals surface area (Å²) in [6, 6.07) is 5.03. The first-order valence-electron chi connectivity index (χ1n) is 9.38. The maximum atomic E-state index is 13.5. The third-order valence-electron chi connectivity index (χ3n) is 5.18. The summed E-state index contributed by atoms with van der Waals surface area (Å²) in [6.07, 6.45) is -1.95. The van der Waals surface area contributed by atoms with Gasteiger partial charge >= 0.3 is 6.18 Å². The third kappa shape index (κ3) is 4.11. The molecule has 0 unspecified atom stereocenters. The van der Waals surface area contributed by atoms with Crippen molar-refractivity contribution >= 4 is 27.1 Å². The average Bonchev–Trinajstić information content (AvgIpc) is 3.08. The van der Waals surface area contributed by atoms with E-state index in [0.717, 1.165) is 12.3 Å². The number of imidazole rings is 1. The van der Waals surface area contributed by atoms with E-state index in [0.29, 0.717) is 23.6 Å². The van der Waals surface area contributed by atoms with E-state index < -0.39 is 27.1 Å². The second kappa shape index (κ2) is 7.93. The summed E-state index contributed by atoms with van der Waals surface area (Å²) in [6.45, 7) is 0.165. The topological polar surface area (TPSA) is 101 Å². The quantitative estimate of drug-likeness (QED) is 0.607. The lowest BCUT2D eigenvalue weighted by molar-refractivity contribution is -0.138. The predicted molar refractivity (Wildman–Crippen MR) is 111 cm³/mol. The molecule has 0 aliphatic carbocycles. The van der Waals surface area contributed by atoms with Crippen molar-refractivity contribution in [3.05, 3.63) is 68.4 Å². The zero-order valence-corrected chi connectivity index (χ0v) is 18.2. The fourth-order valence-corrected chi connectivity index (χ4v) is 4.83. The molecule has 0 fully saturated rings. The highest BCUT2D eigenvalue weighted by Crippen LogP contribution is 2.34. The van der Waals surface area contributed by atoms with E-state index in [2.05, 4.69) is 15.2 Å². The second-order valence-electron chi connectivity index (χ2n) is 7.37. The van der Waals surface area contributed by atoms with Crippen LogP contribution in [0, 0.1) is 0 Å². The Morgan fingerprint density at radius 2 is 1.97 bits per heavy atom. The second-order valence-corrected chi connectivity index (χ2v) is 9.66. The standard InChI is InChI=1S/C19H17ClF3N5O3S/c1-32(30,31)18-25-13-10-27(15-8-24-26-17(29)16(15)20)7-6-14(13)28(18)9-11-4-2-3-5-12(11)19(21,22)23/h2-5,8H,6-7,9-10H2,1H3,(H,26,29). The number of fused-ring (bicyclic) bond motifs is 1. The lowest BCUT2D eigenvalue weighted by Gasteiger charge is -2.29. The van der Waals surface area contributed by atoms with Crippen LogP contribution >= 0.6 is 11.6 Å². The summed E-state index contributed by atoms with van der Waals surface area (Å²) in [7, 11) is -3.83. The minimum atomic E-state index is -4.58. The molecule has 3 aromatic rings. The number of alkyl halides is 3. The van der Waals surface area contributed by atoms with Crippen molar-refractivity contribution < 1.29 is 21.6 Å². The van der Waals surface area contributed by atoms with Gasteiger partial charge in [0.25, 0.3) is 5.56 Å². The highest BCUT2D eigenvalue weighted by Gasteiger charge is 2.34. The van der Waals surface area contributed by atoms with E-state index in [4.69, 9.17) is 11.6 Å². The summed E-state index contributed by atoms with van der Waals surface area (Å²) in [4.78, 5) is 17.7. The van der Waals surface area contributed by atoms with Gasteiger partial charge in [0.05, 0.1) is 36.2 Å². The van der Waals surface area contributed by atoms with Gasteiger partial charge in [0, 0.05) is 24.9 Å². The highest BCUT2D eigenvalue weighted by molar-refractivity contribution is 7.90. The Kier molecular flexibility index (Phi) is 5.53. The number of H-pyrrole nitrogens is 1. The molecule has 170 valence electrons. The zero-order valence-electron chi connectivity index (χ0n) is 16.6. The summed E-state index contributed by atoms with van der Waals surface area (Å²) < 4.78 is 66.5. The van der Waals surface area contributed by atoms with Crippen molar-refractivity contribution in [1.82, 2.24) is 19.7 Å². The van der Waals surface area contributed by atoms with Crippen LogP contribution in [0.4, 0.5) is 18.9 Å². The highest BCUT2D eigenvalue weighted by atomic mass is 35.5. The van der Waals surface area contributed by atoms with Crippen molar-refractivity contribution in [3.8, 4) is 0 Å². The van der Waals surface area contributed by atoms with Gasteiger partial charge in [-0.1, -0.05) is 29.8 Å². The number of sulfone groups is 1. The van der Waals surface area contributed by atoms with Crippen molar-refractivity contribution in [3.63, 3.8) is 0 Å². The largest absolute Gasteiger partial charge is 0.416 e. The Hall–Kier alpha value is -2.86. The summed E-state index contributed by atoms with van der Waals surface area (Å²) in [5, 5.41) is 5.58. The van der Waals surface area contributed by atoms with Gasteiger partial charge in [0.1, 0.15) is 5.02 Å². The normalized spacial score (nSPS) is 14.5. The Morgan fingerprint density at radius 3 is 2.66 bits per heavy atom. The number of halogens is 4. The van der Waals surface area contributed by atoms with Crippen LogP contribution in [0.3, 0.4) is 0 Å². The van der Waals surface area contributed by atoms with Crippen LogP contribution in [0.5, 0.6) is 0 Å². The molecular formula is C19H17ClF3N5O3S. The van der Waals surface area contributed by atoms with Crippen LogP contribution in [-0.2, 0) is 35.5 Å². The predicted octanol–water partition coefficient (Wildman–Crippen LogP) is 2.65. The monoisotopic (exact) mass is 487 g/mol. The molecule has 1 aliphatic heterocycles. The summed E-state index contributed by atoms with van der Waals surface area (Å²) in [5.41, 5.74) is -0.194. The summed E-state index contributed by atoms with van der Waals surface area (Å²) in [5.74, 6) is 0. The number of nitrogens with one attached hydrogen (secondary N) is 1. The maximum Gasteiger partial charge on any atom is 0.416 e. The smallest absolute Gasteiger partial charge is 0.362 e. The summed E-state index contributed by atoms with van der Waals surface area (Å²) >= 11 is 6.08. The lowest BCUT2D eigenvalue weighted by Crippen LogP contribution is -2.33. The van der Waals surface area contributed by atoms with Crippen LogP contribution in [0.15, 0.2) is 40.4 Å². The number of aromatic amines is 1. The van der Waals surface area contributed by atoms with Gasteiger partial charge in [-0.3, -0.25) is 4.79 Å². The molecule has 0 bridgehead atoms. The van der Waals surface area contributed by atoms with Gasteiger partial charge in [0.15, 0.2) is 0 Å². The Morgan fingerprint density at radius 1 is 1.25 bits per heavy atom. The van der Waals surface area contributed by atoms with Gasteiger partial charge in [-0.25, -0.2) is 18.5 Å². The SMILES string of the molecule is CS(=O)(=O)c1nc2c(n1Cc1ccccc1C(F)(F)F)CCN(c1cn[nH]c(=O)c1Cl)C2. The van der Waals surface area contributed by atoms with Crippen molar-refractivity contribution in [2.75, 3.05) is 17.7 Å². The number of hydrogen-bond acceptors (Lipinski definition) is 6. The number of hydrogen-bond donors (Lipinski definition) is 1. The third-order valence-corrected chi connectivity index (χ3v) is 6.52. The molecule has 32 heavy (non-hydrogen) atoms. The van der Waals surface area contributed by atoms with Crippen molar-refractivity contribution in [2.45, 2.75) is 30.8 Å². The molecular weight excluding hydrogens is 471 g/mol. The Bertz CT molecular complexity index is 1350. The fourth-order valence-electron chi connectivity index (χ4n) is 3.77. The van der Waals surface area contributed by atoms with Crippen molar-refractivity contribution in [2.24, 2.45) is 0 Å². The first-order valence-corrected chi connectivity index (χ1v) is 11.7. The van der Waals surface area contributed by atoms with Crippen molar-refractivity contribution in [1.29, 1.82) is 0 Å². The van der Waals surface area contributed by atoms with E-state index in [9.17, 15) is 26.4 Å². The van der Waals surface area contributed by atoms with E-state index >= 15 is 0 Å². The molecule has 1 N–H and O–H groups in total. The van der Waals surface area contributed by atoms with Gasteiger partial charge in [-0.05, 0) is 11.6 Å². The molecule has 8 nitrogen and oxygen atoms in total. The van der Waals surface area contributed by atoms with Crippen LogP contribution in [0.2, 0.25) is 5.02 Å². The molecule has 0 spiro atoms. The van der Waals surface area contributed by atoms with Gasteiger partial charge in [-0.15, -0.1) is 0 Å². The van der Waals surface area contributed by atoms with Crippen LogP contribution in [0.25, 0.3) is 0 Å².